The van der Waals surface area contributed by atoms with Gasteiger partial charge in [0.1, 0.15) is 5.82 Å². The average molecular weight is 454 g/mol. The van der Waals surface area contributed by atoms with Crippen LogP contribution < -0.4 is 10.6 Å². The van der Waals surface area contributed by atoms with Crippen LogP contribution in [0.4, 0.5) is 19.0 Å². The van der Waals surface area contributed by atoms with E-state index in [0.29, 0.717) is 11.3 Å². The zero-order chi connectivity index (χ0) is 23.6. The van der Waals surface area contributed by atoms with E-state index in [-0.39, 0.29) is 23.5 Å². The Morgan fingerprint density at radius 1 is 1.09 bits per heavy atom. The quantitative estimate of drug-likeness (QED) is 0.528. The van der Waals surface area contributed by atoms with Gasteiger partial charge in [-0.2, -0.15) is 18.3 Å². The maximum atomic E-state index is 13.1. The van der Waals surface area contributed by atoms with Crippen molar-refractivity contribution in [3.8, 4) is 5.69 Å². The number of aromatic nitrogens is 2. The highest BCUT2D eigenvalue weighted by Gasteiger charge is 2.30. The van der Waals surface area contributed by atoms with Crippen LogP contribution in [0, 0.1) is 6.92 Å². The van der Waals surface area contributed by atoms with Crippen molar-refractivity contribution < 1.29 is 22.8 Å². The van der Waals surface area contributed by atoms with Crippen molar-refractivity contribution in [3.63, 3.8) is 0 Å². The largest absolute Gasteiger partial charge is 0.416 e. The molecule has 1 saturated carbocycles. The summed E-state index contributed by atoms with van der Waals surface area (Å²) < 4.78 is 40.4. The number of rotatable bonds is 6. The molecule has 2 aromatic carbocycles. The van der Waals surface area contributed by atoms with Crippen molar-refractivity contribution >= 4 is 23.7 Å². The number of nitrogens with zero attached hydrogens (tertiary/aromatic N) is 2. The molecule has 3 aromatic rings. The molecule has 4 rings (SSSR count). The summed E-state index contributed by atoms with van der Waals surface area (Å²) in [5, 5.41) is 9.75. The molecule has 170 valence electrons. The molecule has 6 nitrogen and oxygen atoms in total. The molecule has 1 fully saturated rings. The first-order valence-electron chi connectivity index (χ1n) is 10.3. The van der Waals surface area contributed by atoms with Crippen LogP contribution in [0.2, 0.25) is 0 Å². The van der Waals surface area contributed by atoms with Crippen LogP contribution in [-0.4, -0.2) is 27.6 Å². The van der Waals surface area contributed by atoms with Gasteiger partial charge in [-0.05, 0) is 61.7 Å². The number of amides is 2. The maximum Gasteiger partial charge on any atom is 0.416 e. The third kappa shape index (κ3) is 5.68. The predicted octanol–water partition coefficient (Wildman–Crippen LogP) is 4.74. The number of hydrogen-bond acceptors (Lipinski definition) is 3. The lowest BCUT2D eigenvalue weighted by Crippen LogP contribution is -2.25. The smallest absolute Gasteiger partial charge is 0.349 e. The van der Waals surface area contributed by atoms with E-state index in [1.165, 1.54) is 22.9 Å². The van der Waals surface area contributed by atoms with Gasteiger partial charge in [0.2, 0.25) is 5.91 Å². The Morgan fingerprint density at radius 3 is 2.48 bits per heavy atom. The van der Waals surface area contributed by atoms with Crippen LogP contribution in [0.5, 0.6) is 0 Å². The van der Waals surface area contributed by atoms with Gasteiger partial charge in [0.05, 0.1) is 16.9 Å². The number of carbonyl (C=O) groups excluding carboxylic acids is 2. The molecule has 0 radical (unpaired) electrons. The van der Waals surface area contributed by atoms with Gasteiger partial charge in [-0.25, -0.2) is 4.68 Å². The number of benzene rings is 2. The van der Waals surface area contributed by atoms with Crippen LogP contribution in [0.1, 0.15) is 40.0 Å². The lowest BCUT2D eigenvalue weighted by molar-refractivity contribution is -0.137. The van der Waals surface area contributed by atoms with Gasteiger partial charge in [-0.1, -0.05) is 18.2 Å². The molecule has 0 aliphatic heterocycles. The normalized spacial score (nSPS) is 13.8. The minimum atomic E-state index is -4.49. The molecule has 9 heteroatoms. The van der Waals surface area contributed by atoms with E-state index in [9.17, 15) is 22.8 Å². The topological polar surface area (TPSA) is 76.0 Å². The molecule has 1 aliphatic carbocycles. The fourth-order valence-corrected chi connectivity index (χ4v) is 3.18. The highest BCUT2D eigenvalue weighted by atomic mass is 19.4. The van der Waals surface area contributed by atoms with Crippen molar-refractivity contribution in [1.29, 1.82) is 0 Å². The SMILES string of the molecule is Cc1cc(NC(=O)/C=C/c2ccc(C(=O)NC3CC3)cc2)n(-c2cccc(C(F)(F)F)c2)n1. The van der Waals surface area contributed by atoms with E-state index in [1.54, 1.807) is 43.3 Å². The van der Waals surface area contributed by atoms with Gasteiger partial charge < -0.3 is 10.6 Å². The lowest BCUT2D eigenvalue weighted by Gasteiger charge is -2.11. The molecule has 0 spiro atoms. The number of aryl methyl sites for hydroxylation is 1. The van der Waals surface area contributed by atoms with Crippen molar-refractivity contribution in [1.82, 2.24) is 15.1 Å². The fourth-order valence-electron chi connectivity index (χ4n) is 3.18. The molecule has 33 heavy (non-hydrogen) atoms. The van der Waals surface area contributed by atoms with E-state index in [4.69, 9.17) is 0 Å². The zero-order valence-electron chi connectivity index (χ0n) is 17.7. The van der Waals surface area contributed by atoms with Gasteiger partial charge in [-0.15, -0.1) is 0 Å². The first kappa shape index (κ1) is 22.3. The van der Waals surface area contributed by atoms with Crippen LogP contribution in [-0.2, 0) is 11.0 Å². The molecule has 2 amide bonds. The summed E-state index contributed by atoms with van der Waals surface area (Å²) in [6.45, 7) is 1.68. The van der Waals surface area contributed by atoms with Gasteiger partial charge >= 0.3 is 6.18 Å². The van der Waals surface area contributed by atoms with Gasteiger partial charge in [0.15, 0.2) is 0 Å². The molecule has 2 N–H and O–H groups in total. The Morgan fingerprint density at radius 2 is 1.82 bits per heavy atom. The summed E-state index contributed by atoms with van der Waals surface area (Å²) in [7, 11) is 0. The zero-order valence-corrected chi connectivity index (χ0v) is 17.7. The summed E-state index contributed by atoms with van der Waals surface area (Å²) in [5.74, 6) is -0.351. The predicted molar refractivity (Wildman–Crippen MR) is 118 cm³/mol. The van der Waals surface area contributed by atoms with Crippen molar-refractivity contribution in [2.75, 3.05) is 5.32 Å². The number of carbonyl (C=O) groups is 2. The van der Waals surface area contributed by atoms with Crippen molar-refractivity contribution in [2.24, 2.45) is 0 Å². The van der Waals surface area contributed by atoms with Gasteiger partial charge in [-0.3, -0.25) is 9.59 Å². The van der Waals surface area contributed by atoms with Crippen molar-refractivity contribution in [3.05, 3.63) is 83.1 Å². The highest BCUT2D eigenvalue weighted by Crippen LogP contribution is 2.31. The van der Waals surface area contributed by atoms with Crippen LogP contribution in [0.25, 0.3) is 11.8 Å². The van der Waals surface area contributed by atoms with Crippen LogP contribution >= 0.6 is 0 Å². The third-order valence-corrected chi connectivity index (χ3v) is 5.01. The van der Waals surface area contributed by atoms with Gasteiger partial charge in [0.25, 0.3) is 5.91 Å². The number of halogens is 3. The molecule has 1 aliphatic rings. The summed E-state index contributed by atoms with van der Waals surface area (Å²) in [6, 6.07) is 13.4. The Labute approximate surface area is 188 Å². The van der Waals surface area contributed by atoms with Crippen LogP contribution in [0.15, 0.2) is 60.7 Å². The van der Waals surface area contributed by atoms with E-state index in [2.05, 4.69) is 15.7 Å². The fraction of sp³-hybridized carbons (Fsp3) is 0.208. The second kappa shape index (κ2) is 8.93. The molecule has 0 atom stereocenters. The number of anilines is 1. The molecule has 0 bridgehead atoms. The van der Waals surface area contributed by atoms with E-state index >= 15 is 0 Å². The first-order valence-corrected chi connectivity index (χ1v) is 10.3. The minimum Gasteiger partial charge on any atom is -0.349 e. The maximum absolute atomic E-state index is 13.1. The number of alkyl halides is 3. The standard InChI is InChI=1S/C24H21F3N4O2/c1-15-13-21(31(30-15)20-4-2-3-18(14-20)24(25,26)27)29-22(32)12-7-16-5-8-17(9-6-16)23(33)28-19-10-11-19/h2-9,12-14,19H,10-11H2,1H3,(H,28,33)(H,29,32)/b12-7+. The minimum absolute atomic E-state index is 0.121. The Bertz CT molecular complexity index is 1210. The molecule has 1 heterocycles. The number of hydrogen-bond donors (Lipinski definition) is 2. The highest BCUT2D eigenvalue weighted by molar-refractivity contribution is 6.01. The number of nitrogens with one attached hydrogen (secondary N) is 2. The molecule has 0 unspecified atom stereocenters. The monoisotopic (exact) mass is 454 g/mol. The molecular weight excluding hydrogens is 433 g/mol. The van der Waals surface area contributed by atoms with E-state index < -0.39 is 17.6 Å². The molecule has 0 saturated heterocycles. The second-order valence-corrected chi connectivity index (χ2v) is 7.82. The second-order valence-electron chi connectivity index (χ2n) is 7.82. The first-order chi connectivity index (χ1) is 15.7. The Hall–Kier alpha value is -3.88. The summed E-state index contributed by atoms with van der Waals surface area (Å²) in [4.78, 5) is 24.5. The summed E-state index contributed by atoms with van der Waals surface area (Å²) in [5.41, 5.74) is 1.17. The van der Waals surface area contributed by atoms with Gasteiger partial charge in [0, 0.05) is 23.7 Å². The van der Waals surface area contributed by atoms with E-state index in [1.807, 2.05) is 0 Å². The van der Waals surface area contributed by atoms with Crippen molar-refractivity contribution in [2.45, 2.75) is 32.0 Å². The van der Waals surface area contributed by atoms with Crippen LogP contribution in [0.3, 0.4) is 0 Å². The Kier molecular flexibility index (Phi) is 6.04. The molecular formula is C24H21F3N4O2. The average Bonchev–Trinajstić information content (AvgIpc) is 3.52. The lowest BCUT2D eigenvalue weighted by atomic mass is 10.1. The Balaban J connectivity index is 1.45. The summed E-state index contributed by atoms with van der Waals surface area (Å²) >= 11 is 0. The van der Waals surface area contributed by atoms with E-state index in [0.717, 1.165) is 30.5 Å². The molecule has 1 aromatic heterocycles. The summed E-state index contributed by atoms with van der Waals surface area (Å²) in [6.07, 6.45) is 0.411. The third-order valence-electron chi connectivity index (χ3n) is 5.01.